The molecular formula is C27H22N2O2. The number of rotatable bonds is 5. The van der Waals surface area contributed by atoms with Gasteiger partial charge in [-0.05, 0) is 47.0 Å². The van der Waals surface area contributed by atoms with Gasteiger partial charge in [0.15, 0.2) is 0 Å². The van der Waals surface area contributed by atoms with Crippen LogP contribution in [0.15, 0.2) is 91.0 Å². The van der Waals surface area contributed by atoms with Gasteiger partial charge in [-0.3, -0.25) is 4.79 Å². The first-order chi connectivity index (χ1) is 15.2. The van der Waals surface area contributed by atoms with Crippen LogP contribution in [0.4, 0.5) is 0 Å². The van der Waals surface area contributed by atoms with Crippen molar-refractivity contribution in [3.05, 3.63) is 102 Å². The highest BCUT2D eigenvalue weighted by molar-refractivity contribution is 6.18. The lowest BCUT2D eigenvalue weighted by atomic mass is 10.0. The lowest BCUT2D eigenvalue weighted by Gasteiger charge is -2.10. The van der Waals surface area contributed by atoms with E-state index in [1.165, 1.54) is 0 Å². The van der Waals surface area contributed by atoms with Gasteiger partial charge in [0.1, 0.15) is 5.75 Å². The second-order valence-electron chi connectivity index (χ2n) is 7.60. The topological polar surface area (TPSA) is 57.2 Å². The molecule has 4 nitrogen and oxygen atoms in total. The van der Waals surface area contributed by atoms with Crippen LogP contribution in [0.2, 0.25) is 0 Å². The number of carbonyl (C=O) groups excluding carboxylic acids is 1. The van der Waals surface area contributed by atoms with Crippen molar-refractivity contribution in [3.63, 3.8) is 0 Å². The minimum atomic E-state index is -0.416. The van der Waals surface area contributed by atoms with Crippen LogP contribution in [-0.2, 0) is 6.54 Å². The van der Waals surface area contributed by atoms with Gasteiger partial charge in [-0.15, -0.1) is 0 Å². The lowest BCUT2D eigenvalue weighted by Crippen LogP contribution is -2.11. The van der Waals surface area contributed by atoms with Crippen LogP contribution in [-0.4, -0.2) is 17.6 Å². The molecule has 1 heterocycles. The molecule has 0 bridgehead atoms. The van der Waals surface area contributed by atoms with E-state index in [-0.39, 0.29) is 0 Å². The van der Waals surface area contributed by atoms with Gasteiger partial charge < -0.3 is 15.0 Å². The van der Waals surface area contributed by atoms with E-state index in [1.54, 1.807) is 13.2 Å². The molecule has 31 heavy (non-hydrogen) atoms. The van der Waals surface area contributed by atoms with Crippen LogP contribution in [0, 0.1) is 0 Å². The van der Waals surface area contributed by atoms with Crippen molar-refractivity contribution in [1.29, 1.82) is 0 Å². The Hall–Kier alpha value is -4.05. The third-order valence-corrected chi connectivity index (χ3v) is 5.76. The summed E-state index contributed by atoms with van der Waals surface area (Å²) in [4.78, 5) is 12.2. The summed E-state index contributed by atoms with van der Waals surface area (Å²) in [7, 11) is 1.67. The first-order valence-corrected chi connectivity index (χ1v) is 10.2. The quantitative estimate of drug-likeness (QED) is 0.412. The molecule has 0 aliphatic heterocycles. The number of nitrogens with two attached hydrogens (primary N) is 1. The van der Waals surface area contributed by atoms with E-state index in [9.17, 15) is 4.79 Å². The SMILES string of the molecule is COc1ccc(Cn2c3cc(-c4ccccc4)ccc3c3c(C(N)=O)cccc32)cc1. The summed E-state index contributed by atoms with van der Waals surface area (Å²) in [5, 5.41) is 1.93. The number of fused-ring (bicyclic) bond motifs is 3. The zero-order valence-corrected chi connectivity index (χ0v) is 17.2. The predicted molar refractivity (Wildman–Crippen MR) is 125 cm³/mol. The normalized spacial score (nSPS) is 11.1. The summed E-state index contributed by atoms with van der Waals surface area (Å²) >= 11 is 0. The molecule has 152 valence electrons. The van der Waals surface area contributed by atoms with E-state index in [4.69, 9.17) is 10.5 Å². The van der Waals surface area contributed by atoms with Crippen LogP contribution in [0.3, 0.4) is 0 Å². The molecule has 0 fully saturated rings. The smallest absolute Gasteiger partial charge is 0.249 e. The van der Waals surface area contributed by atoms with Gasteiger partial charge in [0.05, 0.1) is 18.1 Å². The number of benzene rings is 4. The molecule has 0 aliphatic carbocycles. The second kappa shape index (κ2) is 7.65. The Morgan fingerprint density at radius 1 is 0.839 bits per heavy atom. The van der Waals surface area contributed by atoms with Crippen LogP contribution >= 0.6 is 0 Å². The maximum atomic E-state index is 12.2. The molecule has 1 aromatic heterocycles. The van der Waals surface area contributed by atoms with E-state index in [1.807, 2.05) is 42.5 Å². The Labute approximate surface area is 180 Å². The summed E-state index contributed by atoms with van der Waals surface area (Å²) in [5.74, 6) is 0.412. The molecule has 4 heteroatoms. The minimum absolute atomic E-state index is 0.416. The second-order valence-corrected chi connectivity index (χ2v) is 7.60. The fourth-order valence-electron chi connectivity index (χ4n) is 4.24. The third kappa shape index (κ3) is 3.32. The molecule has 0 spiro atoms. The van der Waals surface area contributed by atoms with Gasteiger partial charge in [-0.25, -0.2) is 0 Å². The third-order valence-electron chi connectivity index (χ3n) is 5.76. The van der Waals surface area contributed by atoms with Gasteiger partial charge in [-0.2, -0.15) is 0 Å². The number of amides is 1. The molecule has 0 unspecified atom stereocenters. The van der Waals surface area contributed by atoms with E-state index in [2.05, 4.69) is 47.0 Å². The van der Waals surface area contributed by atoms with Gasteiger partial charge in [-0.1, -0.05) is 60.7 Å². The van der Waals surface area contributed by atoms with E-state index >= 15 is 0 Å². The van der Waals surface area contributed by atoms with Gasteiger partial charge in [0.25, 0.3) is 0 Å². The minimum Gasteiger partial charge on any atom is -0.497 e. The lowest BCUT2D eigenvalue weighted by molar-refractivity contribution is 0.100. The first-order valence-electron chi connectivity index (χ1n) is 10.2. The fourth-order valence-corrected chi connectivity index (χ4v) is 4.24. The summed E-state index contributed by atoms with van der Waals surface area (Å²) in [5.41, 5.74) is 11.8. The number of carbonyl (C=O) groups is 1. The zero-order valence-electron chi connectivity index (χ0n) is 17.2. The highest BCUT2D eigenvalue weighted by Gasteiger charge is 2.17. The maximum Gasteiger partial charge on any atom is 0.249 e. The Morgan fingerprint density at radius 3 is 2.32 bits per heavy atom. The molecule has 0 saturated carbocycles. The molecule has 0 atom stereocenters. The zero-order chi connectivity index (χ0) is 21.4. The van der Waals surface area contributed by atoms with Crippen molar-refractivity contribution >= 4 is 27.7 Å². The molecule has 0 aliphatic rings. The van der Waals surface area contributed by atoms with Crippen LogP contribution < -0.4 is 10.5 Å². The summed E-state index contributed by atoms with van der Waals surface area (Å²) in [6.07, 6.45) is 0. The standard InChI is InChI=1S/C27H22N2O2/c1-31-21-13-10-18(11-14-21)17-29-24-9-5-8-23(27(28)30)26(24)22-15-12-20(16-25(22)29)19-6-3-2-4-7-19/h2-16H,17H2,1H3,(H2,28,30). The highest BCUT2D eigenvalue weighted by atomic mass is 16.5. The van der Waals surface area contributed by atoms with Crippen molar-refractivity contribution in [2.75, 3.05) is 7.11 Å². The highest BCUT2D eigenvalue weighted by Crippen LogP contribution is 2.35. The summed E-state index contributed by atoms with van der Waals surface area (Å²) in [6, 6.07) is 30.5. The number of primary amides is 1. The van der Waals surface area contributed by atoms with E-state index in [0.717, 1.165) is 44.2 Å². The molecule has 0 saturated heterocycles. The maximum absolute atomic E-state index is 12.2. The average molecular weight is 406 g/mol. The number of hydrogen-bond donors (Lipinski definition) is 1. The van der Waals surface area contributed by atoms with E-state index in [0.29, 0.717) is 12.1 Å². The molecular weight excluding hydrogens is 384 g/mol. The molecule has 4 aromatic carbocycles. The molecule has 5 rings (SSSR count). The van der Waals surface area contributed by atoms with E-state index < -0.39 is 5.91 Å². The molecule has 1 amide bonds. The summed E-state index contributed by atoms with van der Waals surface area (Å²) < 4.78 is 7.55. The van der Waals surface area contributed by atoms with Crippen LogP contribution in [0.1, 0.15) is 15.9 Å². The average Bonchev–Trinajstić information content (AvgIpc) is 3.13. The number of methoxy groups -OCH3 is 1. The Morgan fingerprint density at radius 2 is 1.61 bits per heavy atom. The predicted octanol–water partition coefficient (Wildman–Crippen LogP) is 5.62. The van der Waals surface area contributed by atoms with Crippen molar-refractivity contribution in [3.8, 4) is 16.9 Å². The van der Waals surface area contributed by atoms with Gasteiger partial charge >= 0.3 is 0 Å². The van der Waals surface area contributed by atoms with Crippen LogP contribution in [0.25, 0.3) is 32.9 Å². The monoisotopic (exact) mass is 406 g/mol. The first kappa shape index (κ1) is 18.9. The molecule has 5 aromatic rings. The van der Waals surface area contributed by atoms with Gasteiger partial charge in [0.2, 0.25) is 5.91 Å². The molecule has 0 radical (unpaired) electrons. The van der Waals surface area contributed by atoms with Crippen molar-refractivity contribution in [2.24, 2.45) is 5.73 Å². The van der Waals surface area contributed by atoms with Gasteiger partial charge in [0, 0.05) is 22.9 Å². The Balaban J connectivity index is 1.76. The number of aromatic nitrogens is 1. The Kier molecular flexibility index (Phi) is 4.68. The van der Waals surface area contributed by atoms with Crippen molar-refractivity contribution < 1.29 is 9.53 Å². The number of nitrogens with zero attached hydrogens (tertiary/aromatic N) is 1. The molecule has 2 N–H and O–H groups in total. The Bertz CT molecular complexity index is 1400. The number of ether oxygens (including phenoxy) is 1. The van der Waals surface area contributed by atoms with Crippen LogP contribution in [0.5, 0.6) is 5.75 Å². The number of hydrogen-bond acceptors (Lipinski definition) is 2. The van der Waals surface area contributed by atoms with Crippen molar-refractivity contribution in [2.45, 2.75) is 6.54 Å². The largest absolute Gasteiger partial charge is 0.497 e. The fraction of sp³-hybridized carbons (Fsp3) is 0.0741. The van der Waals surface area contributed by atoms with Crippen molar-refractivity contribution in [1.82, 2.24) is 4.57 Å². The summed E-state index contributed by atoms with van der Waals surface area (Å²) in [6.45, 7) is 0.671.